The molecule has 3 nitrogen and oxygen atoms in total. The van der Waals surface area contributed by atoms with E-state index in [1.807, 2.05) is 0 Å². The van der Waals surface area contributed by atoms with E-state index in [1.165, 1.54) is 6.42 Å². The smallest absolute Gasteiger partial charge is 0.0599 e. The van der Waals surface area contributed by atoms with Crippen LogP contribution in [-0.4, -0.2) is 30.3 Å². The van der Waals surface area contributed by atoms with E-state index in [2.05, 4.69) is 51.9 Å². The molecule has 1 aliphatic heterocycles. The lowest BCUT2D eigenvalue weighted by atomic mass is 9.96. The highest BCUT2D eigenvalue weighted by molar-refractivity contribution is 4.85. The molecule has 1 aliphatic rings. The Kier molecular flexibility index (Phi) is 6.33. The van der Waals surface area contributed by atoms with Gasteiger partial charge in [-0.3, -0.25) is 10.2 Å². The van der Waals surface area contributed by atoms with Crippen molar-refractivity contribution in [1.29, 1.82) is 0 Å². The Morgan fingerprint density at radius 2 is 1.64 bits per heavy atom. The summed E-state index contributed by atoms with van der Waals surface area (Å²) in [6.07, 6.45) is 1.80. The van der Waals surface area contributed by atoms with Crippen molar-refractivity contribution in [2.75, 3.05) is 7.05 Å². The van der Waals surface area contributed by atoms with E-state index < -0.39 is 0 Å². The van der Waals surface area contributed by atoms with Gasteiger partial charge in [-0.15, -0.1) is 0 Å². The highest BCUT2D eigenvalue weighted by atomic mass is 15.3. The molecule has 3 N–H and O–H groups in total. The molecule has 0 aromatic rings. The monoisotopic (exact) mass is 201 g/mol. The minimum absolute atomic E-state index is 0.149. The van der Waals surface area contributed by atoms with Crippen molar-refractivity contribution < 1.29 is 0 Å². The van der Waals surface area contributed by atoms with Gasteiger partial charge in [0, 0.05) is 6.04 Å². The number of rotatable bonds is 0. The predicted molar refractivity (Wildman–Crippen MR) is 62.9 cm³/mol. The van der Waals surface area contributed by atoms with Crippen molar-refractivity contribution in [3.8, 4) is 0 Å². The first-order chi connectivity index (χ1) is 6.45. The highest BCUT2D eigenvalue weighted by Crippen LogP contribution is 2.17. The van der Waals surface area contributed by atoms with Crippen LogP contribution in [0.1, 0.15) is 41.0 Å². The van der Waals surface area contributed by atoms with Crippen molar-refractivity contribution >= 4 is 0 Å². The summed E-state index contributed by atoms with van der Waals surface area (Å²) in [6, 6.07) is 0.571. The van der Waals surface area contributed by atoms with Crippen LogP contribution in [0.4, 0.5) is 0 Å². The van der Waals surface area contributed by atoms with Crippen LogP contribution < -0.4 is 11.1 Å². The van der Waals surface area contributed by atoms with Crippen LogP contribution in [0.2, 0.25) is 0 Å². The zero-order chi connectivity index (χ0) is 11.3. The Bertz CT molecular complexity index is 135. The van der Waals surface area contributed by atoms with E-state index in [0.717, 1.165) is 0 Å². The molecule has 4 atom stereocenters. The lowest BCUT2D eigenvalue weighted by Gasteiger charge is -2.44. The van der Waals surface area contributed by atoms with Crippen molar-refractivity contribution in [2.24, 2.45) is 11.7 Å². The fourth-order valence-corrected chi connectivity index (χ4v) is 1.57. The Morgan fingerprint density at radius 3 is 2.07 bits per heavy atom. The summed E-state index contributed by atoms with van der Waals surface area (Å²) in [5, 5.41) is 3.31. The summed E-state index contributed by atoms with van der Waals surface area (Å²) in [5.74, 6) is 0.524. The highest BCUT2D eigenvalue weighted by Gasteiger charge is 2.31. The molecule has 0 amide bonds. The first-order valence-corrected chi connectivity index (χ1v) is 5.69. The van der Waals surface area contributed by atoms with Gasteiger partial charge in [-0.2, -0.15) is 0 Å². The molecule has 0 radical (unpaired) electrons. The molecule has 1 heterocycles. The summed E-state index contributed by atoms with van der Waals surface area (Å²) < 4.78 is 0. The third-order valence-corrected chi connectivity index (χ3v) is 3.01. The average molecular weight is 201 g/mol. The molecule has 1 fully saturated rings. The van der Waals surface area contributed by atoms with E-state index in [1.54, 1.807) is 0 Å². The van der Waals surface area contributed by atoms with Crippen molar-refractivity contribution in [3.05, 3.63) is 0 Å². The standard InChI is InChI=1S/C8H19N3.C3H8/c1-5-6(2)11(4)7(3)10-8(5)9;1-3-2/h5-8,10H,9H2,1-4H3;3H2,1-2H3. The van der Waals surface area contributed by atoms with Gasteiger partial charge in [-0.1, -0.05) is 27.2 Å². The van der Waals surface area contributed by atoms with Crippen LogP contribution in [-0.2, 0) is 0 Å². The Morgan fingerprint density at radius 1 is 1.21 bits per heavy atom. The first-order valence-electron chi connectivity index (χ1n) is 5.69. The maximum absolute atomic E-state index is 5.88. The maximum Gasteiger partial charge on any atom is 0.0599 e. The Hall–Kier alpha value is -0.120. The second-order valence-electron chi connectivity index (χ2n) is 4.34. The van der Waals surface area contributed by atoms with Gasteiger partial charge in [-0.05, 0) is 26.8 Å². The largest absolute Gasteiger partial charge is 0.316 e. The van der Waals surface area contributed by atoms with Crippen molar-refractivity contribution in [3.63, 3.8) is 0 Å². The van der Waals surface area contributed by atoms with Gasteiger partial charge in [0.25, 0.3) is 0 Å². The van der Waals surface area contributed by atoms with Crippen LogP contribution in [0.5, 0.6) is 0 Å². The van der Waals surface area contributed by atoms with E-state index >= 15 is 0 Å². The summed E-state index contributed by atoms with van der Waals surface area (Å²) in [6.45, 7) is 10.8. The van der Waals surface area contributed by atoms with Crippen LogP contribution in [0.15, 0.2) is 0 Å². The molecule has 0 bridgehead atoms. The zero-order valence-corrected chi connectivity index (χ0v) is 10.5. The first kappa shape index (κ1) is 13.9. The van der Waals surface area contributed by atoms with E-state index in [0.29, 0.717) is 18.1 Å². The number of nitrogens with one attached hydrogen (secondary N) is 1. The van der Waals surface area contributed by atoms with Gasteiger partial charge in [0.2, 0.25) is 0 Å². The summed E-state index contributed by atoms with van der Waals surface area (Å²) >= 11 is 0. The second-order valence-corrected chi connectivity index (χ2v) is 4.34. The minimum Gasteiger partial charge on any atom is -0.316 e. The third kappa shape index (κ3) is 3.56. The van der Waals surface area contributed by atoms with Crippen molar-refractivity contribution in [1.82, 2.24) is 10.2 Å². The van der Waals surface area contributed by atoms with Gasteiger partial charge < -0.3 is 5.73 Å². The molecule has 1 rings (SSSR count). The molecule has 3 heteroatoms. The molecule has 4 unspecified atom stereocenters. The SMILES string of the molecule is CC1C(N)NC(C)N(C)C1C.CCC. The molecule has 14 heavy (non-hydrogen) atoms. The van der Waals surface area contributed by atoms with Gasteiger partial charge in [0.05, 0.1) is 12.3 Å². The van der Waals surface area contributed by atoms with E-state index in [9.17, 15) is 0 Å². The van der Waals surface area contributed by atoms with Gasteiger partial charge in [0.1, 0.15) is 0 Å². The molecular weight excluding hydrogens is 174 g/mol. The molecule has 0 aliphatic carbocycles. The van der Waals surface area contributed by atoms with Crippen LogP contribution in [0, 0.1) is 5.92 Å². The quantitative estimate of drug-likeness (QED) is 0.625. The normalized spacial score (nSPS) is 38.8. The molecule has 0 saturated carbocycles. The zero-order valence-electron chi connectivity index (χ0n) is 10.5. The van der Waals surface area contributed by atoms with Gasteiger partial charge in [-0.25, -0.2) is 0 Å². The second kappa shape index (κ2) is 6.38. The van der Waals surface area contributed by atoms with Crippen molar-refractivity contribution in [2.45, 2.75) is 59.4 Å². The summed E-state index contributed by atoms with van der Waals surface area (Å²) in [7, 11) is 2.13. The molecule has 0 aromatic heterocycles. The molecule has 1 saturated heterocycles. The fourth-order valence-electron chi connectivity index (χ4n) is 1.57. The molecule has 0 spiro atoms. The fraction of sp³-hybridized carbons (Fsp3) is 1.00. The number of hydrogen-bond acceptors (Lipinski definition) is 3. The number of nitrogens with zero attached hydrogens (tertiary/aromatic N) is 1. The maximum atomic E-state index is 5.88. The predicted octanol–water partition coefficient (Wildman–Crippen LogP) is 1.59. The van der Waals surface area contributed by atoms with Crippen LogP contribution >= 0.6 is 0 Å². The number of hydrogen-bond donors (Lipinski definition) is 2. The Labute approximate surface area is 89.0 Å². The molecule has 0 aromatic carbocycles. The summed E-state index contributed by atoms with van der Waals surface area (Å²) in [5.41, 5.74) is 5.88. The molecule has 86 valence electrons. The van der Waals surface area contributed by atoms with Crippen LogP contribution in [0.3, 0.4) is 0 Å². The van der Waals surface area contributed by atoms with E-state index in [-0.39, 0.29) is 6.17 Å². The Balaban J connectivity index is 0.000000500. The minimum atomic E-state index is 0.149. The lowest BCUT2D eigenvalue weighted by Crippen LogP contribution is -2.63. The van der Waals surface area contributed by atoms with Gasteiger partial charge >= 0.3 is 0 Å². The lowest BCUT2D eigenvalue weighted by molar-refractivity contribution is 0.0494. The van der Waals surface area contributed by atoms with Crippen LogP contribution in [0.25, 0.3) is 0 Å². The number of nitrogens with two attached hydrogens (primary N) is 1. The van der Waals surface area contributed by atoms with E-state index in [4.69, 9.17) is 5.73 Å². The average Bonchev–Trinajstić information content (AvgIpc) is 2.13. The third-order valence-electron chi connectivity index (χ3n) is 3.01. The topological polar surface area (TPSA) is 41.3 Å². The summed E-state index contributed by atoms with van der Waals surface area (Å²) in [4.78, 5) is 2.31. The molecular formula is C11H27N3. The van der Waals surface area contributed by atoms with Gasteiger partial charge in [0.15, 0.2) is 0 Å².